The molecule has 0 bridgehead atoms. The highest BCUT2D eigenvalue weighted by molar-refractivity contribution is 5.90. The second-order valence-electron chi connectivity index (χ2n) is 8.54. The highest BCUT2D eigenvalue weighted by Gasteiger charge is 2.06. The molecule has 33 heavy (non-hydrogen) atoms. The van der Waals surface area contributed by atoms with Crippen LogP contribution in [0.15, 0.2) is 53.5 Å². The SMILES string of the molecule is CCCCCCCCCCOc1ccc(C=Nc2ccc(C(=O)OCCCCC)cc2)cc1. The van der Waals surface area contributed by atoms with Crippen LogP contribution >= 0.6 is 0 Å². The van der Waals surface area contributed by atoms with Crippen molar-refractivity contribution in [1.29, 1.82) is 0 Å². The van der Waals surface area contributed by atoms with Crippen molar-refractivity contribution in [2.45, 2.75) is 84.5 Å². The summed E-state index contributed by atoms with van der Waals surface area (Å²) >= 11 is 0. The Morgan fingerprint density at radius 3 is 1.97 bits per heavy atom. The molecule has 180 valence electrons. The minimum absolute atomic E-state index is 0.274. The maximum atomic E-state index is 12.0. The van der Waals surface area contributed by atoms with Gasteiger partial charge in [-0.3, -0.25) is 4.99 Å². The number of benzene rings is 2. The topological polar surface area (TPSA) is 47.9 Å². The fourth-order valence-corrected chi connectivity index (χ4v) is 3.51. The molecule has 0 heterocycles. The summed E-state index contributed by atoms with van der Waals surface area (Å²) in [5.74, 6) is 0.626. The van der Waals surface area contributed by atoms with Crippen molar-refractivity contribution < 1.29 is 14.3 Å². The van der Waals surface area contributed by atoms with Crippen LogP contribution in [0.5, 0.6) is 5.75 Å². The Morgan fingerprint density at radius 1 is 0.727 bits per heavy atom. The number of unbranched alkanes of at least 4 members (excludes halogenated alkanes) is 9. The fourth-order valence-electron chi connectivity index (χ4n) is 3.51. The Hall–Kier alpha value is -2.62. The molecule has 2 aromatic rings. The van der Waals surface area contributed by atoms with E-state index in [0.717, 1.165) is 49.3 Å². The predicted molar refractivity (Wildman–Crippen MR) is 138 cm³/mol. The molecule has 4 heteroatoms. The first-order valence-electron chi connectivity index (χ1n) is 12.8. The van der Waals surface area contributed by atoms with Crippen LogP contribution in [0, 0.1) is 0 Å². The molecule has 4 nitrogen and oxygen atoms in total. The van der Waals surface area contributed by atoms with Gasteiger partial charge in [0.1, 0.15) is 5.75 Å². The first-order chi connectivity index (χ1) is 16.2. The molecule has 2 aromatic carbocycles. The second kappa shape index (κ2) is 16.9. The van der Waals surface area contributed by atoms with E-state index in [1.54, 1.807) is 12.1 Å². The van der Waals surface area contributed by atoms with Crippen molar-refractivity contribution in [3.63, 3.8) is 0 Å². The van der Waals surface area contributed by atoms with E-state index in [1.807, 2.05) is 42.6 Å². The Labute approximate surface area is 200 Å². The number of hydrogen-bond acceptors (Lipinski definition) is 4. The predicted octanol–water partition coefficient (Wildman–Crippen LogP) is 8.30. The second-order valence-corrected chi connectivity index (χ2v) is 8.54. The summed E-state index contributed by atoms with van der Waals surface area (Å²) in [6.45, 7) is 5.63. The summed E-state index contributed by atoms with van der Waals surface area (Å²) in [7, 11) is 0. The monoisotopic (exact) mass is 451 g/mol. The minimum Gasteiger partial charge on any atom is -0.494 e. The van der Waals surface area contributed by atoms with Crippen LogP contribution in [0.3, 0.4) is 0 Å². The van der Waals surface area contributed by atoms with E-state index in [0.29, 0.717) is 12.2 Å². The maximum absolute atomic E-state index is 12.0. The van der Waals surface area contributed by atoms with Gasteiger partial charge in [0.05, 0.1) is 24.5 Å². The largest absolute Gasteiger partial charge is 0.494 e. The molecule has 0 unspecified atom stereocenters. The van der Waals surface area contributed by atoms with E-state index in [1.165, 1.54) is 44.9 Å². The molecule has 2 rings (SSSR count). The van der Waals surface area contributed by atoms with Crippen LogP contribution < -0.4 is 4.74 Å². The number of ether oxygens (including phenoxy) is 2. The van der Waals surface area contributed by atoms with Crippen molar-refractivity contribution in [2.75, 3.05) is 13.2 Å². The number of carbonyl (C=O) groups excluding carboxylic acids is 1. The normalized spacial score (nSPS) is 11.1. The van der Waals surface area contributed by atoms with Crippen molar-refractivity contribution in [1.82, 2.24) is 0 Å². The molecule has 0 aliphatic rings. The quantitative estimate of drug-likeness (QED) is 0.138. The molecule has 0 saturated carbocycles. The first kappa shape index (κ1) is 26.6. The number of carbonyl (C=O) groups is 1. The van der Waals surface area contributed by atoms with E-state index < -0.39 is 0 Å². The third kappa shape index (κ3) is 11.7. The van der Waals surface area contributed by atoms with E-state index in [4.69, 9.17) is 9.47 Å². The highest BCUT2D eigenvalue weighted by Crippen LogP contribution is 2.16. The standard InChI is InChI=1S/C29H41NO3/c1-3-5-7-8-9-10-11-13-22-32-28-20-14-25(15-21-28)24-30-27-18-16-26(17-19-27)29(31)33-23-12-6-4-2/h14-21,24H,3-13,22-23H2,1-2H3. The summed E-state index contributed by atoms with van der Waals surface area (Å²) in [5.41, 5.74) is 2.37. The molecule has 0 atom stereocenters. The summed E-state index contributed by atoms with van der Waals surface area (Å²) in [5, 5.41) is 0. The maximum Gasteiger partial charge on any atom is 0.338 e. The number of hydrogen-bond donors (Lipinski definition) is 0. The summed E-state index contributed by atoms with van der Waals surface area (Å²) in [4.78, 5) is 16.5. The van der Waals surface area contributed by atoms with Crippen molar-refractivity contribution in [3.05, 3.63) is 59.7 Å². The van der Waals surface area contributed by atoms with Crippen molar-refractivity contribution >= 4 is 17.9 Å². The molecule has 0 aliphatic heterocycles. The Balaban J connectivity index is 1.67. The number of aliphatic imine (C=N–C) groups is 1. The van der Waals surface area contributed by atoms with Gasteiger partial charge in [0.15, 0.2) is 0 Å². The molecule has 0 saturated heterocycles. The van der Waals surface area contributed by atoms with Gasteiger partial charge in [-0.05, 0) is 66.9 Å². The fraction of sp³-hybridized carbons (Fsp3) is 0.517. The summed E-state index contributed by atoms with van der Waals surface area (Å²) in [6.07, 6.45) is 15.3. The number of rotatable bonds is 17. The van der Waals surface area contributed by atoms with Crippen LogP contribution in [-0.2, 0) is 4.74 Å². The van der Waals surface area contributed by atoms with Gasteiger partial charge in [-0.2, -0.15) is 0 Å². The van der Waals surface area contributed by atoms with Crippen LogP contribution in [0.1, 0.15) is 100 Å². The van der Waals surface area contributed by atoms with Crippen LogP contribution in [0.4, 0.5) is 5.69 Å². The van der Waals surface area contributed by atoms with Crippen LogP contribution in [-0.4, -0.2) is 25.4 Å². The van der Waals surface area contributed by atoms with Gasteiger partial charge in [-0.1, -0.05) is 71.6 Å². The number of nitrogens with zero attached hydrogens (tertiary/aromatic N) is 1. The molecule has 0 spiro atoms. The molecule has 0 radical (unpaired) electrons. The van der Waals surface area contributed by atoms with E-state index in [9.17, 15) is 4.79 Å². The average molecular weight is 452 g/mol. The van der Waals surface area contributed by atoms with Gasteiger partial charge in [0.2, 0.25) is 0 Å². The van der Waals surface area contributed by atoms with Gasteiger partial charge in [-0.25, -0.2) is 4.79 Å². The lowest BCUT2D eigenvalue weighted by Crippen LogP contribution is -2.06. The Morgan fingerprint density at radius 2 is 1.30 bits per heavy atom. The van der Waals surface area contributed by atoms with Crippen molar-refractivity contribution in [3.8, 4) is 5.75 Å². The van der Waals surface area contributed by atoms with E-state index in [-0.39, 0.29) is 5.97 Å². The lowest BCUT2D eigenvalue weighted by molar-refractivity contribution is 0.0498. The van der Waals surface area contributed by atoms with Gasteiger partial charge in [-0.15, -0.1) is 0 Å². The van der Waals surface area contributed by atoms with Crippen LogP contribution in [0.25, 0.3) is 0 Å². The Kier molecular flexibility index (Phi) is 13.7. The zero-order valence-electron chi connectivity index (χ0n) is 20.6. The molecule has 0 N–H and O–H groups in total. The van der Waals surface area contributed by atoms with Gasteiger partial charge in [0, 0.05) is 6.21 Å². The molecular formula is C29H41NO3. The van der Waals surface area contributed by atoms with Crippen LogP contribution in [0.2, 0.25) is 0 Å². The third-order valence-electron chi connectivity index (χ3n) is 5.59. The Bertz CT molecular complexity index is 797. The zero-order valence-corrected chi connectivity index (χ0v) is 20.6. The first-order valence-corrected chi connectivity index (χ1v) is 12.8. The van der Waals surface area contributed by atoms with E-state index >= 15 is 0 Å². The van der Waals surface area contributed by atoms with Gasteiger partial charge >= 0.3 is 5.97 Å². The van der Waals surface area contributed by atoms with Crippen molar-refractivity contribution in [2.24, 2.45) is 4.99 Å². The zero-order chi connectivity index (χ0) is 23.6. The van der Waals surface area contributed by atoms with E-state index in [2.05, 4.69) is 18.8 Å². The highest BCUT2D eigenvalue weighted by atomic mass is 16.5. The smallest absolute Gasteiger partial charge is 0.338 e. The summed E-state index contributed by atoms with van der Waals surface area (Å²) < 4.78 is 11.1. The molecule has 0 aromatic heterocycles. The van der Waals surface area contributed by atoms with Gasteiger partial charge < -0.3 is 9.47 Å². The third-order valence-corrected chi connectivity index (χ3v) is 5.59. The van der Waals surface area contributed by atoms with Gasteiger partial charge in [0.25, 0.3) is 0 Å². The minimum atomic E-state index is -0.274. The molecule has 0 fully saturated rings. The number of esters is 1. The lowest BCUT2D eigenvalue weighted by atomic mass is 10.1. The molecule has 0 aliphatic carbocycles. The molecular weight excluding hydrogens is 410 g/mol. The molecule has 0 amide bonds. The average Bonchev–Trinajstić information content (AvgIpc) is 2.85. The summed E-state index contributed by atoms with van der Waals surface area (Å²) in [6, 6.07) is 15.2. The lowest BCUT2D eigenvalue weighted by Gasteiger charge is -2.06.